The van der Waals surface area contributed by atoms with Gasteiger partial charge in [0.25, 0.3) is 0 Å². The van der Waals surface area contributed by atoms with E-state index in [0.29, 0.717) is 6.54 Å². The molecule has 18 heavy (non-hydrogen) atoms. The van der Waals surface area contributed by atoms with Crippen molar-refractivity contribution in [3.63, 3.8) is 0 Å². The molecule has 0 saturated heterocycles. The van der Waals surface area contributed by atoms with Gasteiger partial charge >= 0.3 is 0 Å². The minimum absolute atomic E-state index is 0. The van der Waals surface area contributed by atoms with Gasteiger partial charge in [0.15, 0.2) is 0 Å². The Morgan fingerprint density at radius 1 is 1.39 bits per heavy atom. The molecular weight excluding hydrogens is 270 g/mol. The second kappa shape index (κ2) is 13.5. The molecule has 0 aliphatic rings. The minimum Gasteiger partial charge on any atom is -0.353 e. The van der Waals surface area contributed by atoms with Crippen molar-refractivity contribution in [3.05, 3.63) is 0 Å². The molecule has 0 aromatic heterocycles. The van der Waals surface area contributed by atoms with Gasteiger partial charge in [-0.2, -0.15) is 11.8 Å². The highest BCUT2D eigenvalue weighted by Crippen LogP contribution is 1.98. The molecule has 1 amide bonds. The molecule has 0 aromatic carbocycles. The van der Waals surface area contributed by atoms with Crippen LogP contribution in [0.5, 0.6) is 0 Å². The number of rotatable bonds is 10. The summed E-state index contributed by atoms with van der Waals surface area (Å²) in [7, 11) is 0. The summed E-state index contributed by atoms with van der Waals surface area (Å²) < 4.78 is 0. The van der Waals surface area contributed by atoms with Crippen LogP contribution in [0.1, 0.15) is 26.7 Å². The molecule has 0 fully saturated rings. The third kappa shape index (κ3) is 10.00. The summed E-state index contributed by atoms with van der Waals surface area (Å²) in [5, 5.41) is 2.90. The summed E-state index contributed by atoms with van der Waals surface area (Å²) in [4.78, 5) is 13.9. The summed E-state index contributed by atoms with van der Waals surface area (Å²) in [5.41, 5.74) is 5.77. The summed E-state index contributed by atoms with van der Waals surface area (Å²) in [5.74, 6) is 0.914. The van der Waals surface area contributed by atoms with E-state index in [-0.39, 0.29) is 24.4 Å². The van der Waals surface area contributed by atoms with Crippen molar-refractivity contribution in [2.24, 2.45) is 5.73 Å². The van der Waals surface area contributed by atoms with Crippen LogP contribution in [0.4, 0.5) is 0 Å². The lowest BCUT2D eigenvalue weighted by Crippen LogP contribution is -2.44. The van der Waals surface area contributed by atoms with Gasteiger partial charge in [-0.3, -0.25) is 4.79 Å². The Morgan fingerprint density at radius 2 is 2.06 bits per heavy atom. The number of nitrogens with two attached hydrogens (primary N) is 1. The third-order valence-corrected chi connectivity index (χ3v) is 3.33. The van der Waals surface area contributed by atoms with Crippen LogP contribution >= 0.6 is 24.2 Å². The fourth-order valence-electron chi connectivity index (χ4n) is 1.59. The molecule has 4 nitrogen and oxygen atoms in total. The van der Waals surface area contributed by atoms with Crippen LogP contribution in [0.25, 0.3) is 0 Å². The minimum atomic E-state index is -0.358. The van der Waals surface area contributed by atoms with Gasteiger partial charge in [-0.05, 0) is 37.9 Å². The summed E-state index contributed by atoms with van der Waals surface area (Å²) >= 11 is 1.72. The molecule has 0 aliphatic heterocycles. The molecular formula is C12H28ClN3OS. The first-order chi connectivity index (χ1) is 8.15. The van der Waals surface area contributed by atoms with Crippen LogP contribution in [0.2, 0.25) is 0 Å². The lowest BCUT2D eigenvalue weighted by Gasteiger charge is -2.20. The smallest absolute Gasteiger partial charge is 0.236 e. The lowest BCUT2D eigenvalue weighted by molar-refractivity contribution is -0.122. The van der Waals surface area contributed by atoms with Gasteiger partial charge in [0.2, 0.25) is 5.91 Å². The highest BCUT2D eigenvalue weighted by Gasteiger charge is 2.12. The summed E-state index contributed by atoms with van der Waals surface area (Å²) in [6.45, 7) is 8.03. The van der Waals surface area contributed by atoms with Gasteiger partial charge < -0.3 is 16.0 Å². The Bertz CT molecular complexity index is 208. The molecule has 0 radical (unpaired) electrons. The van der Waals surface area contributed by atoms with E-state index in [1.54, 1.807) is 11.8 Å². The second-order valence-electron chi connectivity index (χ2n) is 4.11. The van der Waals surface area contributed by atoms with E-state index in [9.17, 15) is 4.79 Å². The SMILES string of the molecule is CCCN(CC)CCNC(=O)[C@@H](N)CCSC.Cl. The fourth-order valence-corrected chi connectivity index (χ4v) is 2.08. The number of carbonyl (C=O) groups is 1. The predicted octanol–water partition coefficient (Wildman–Crippen LogP) is 1.34. The van der Waals surface area contributed by atoms with E-state index >= 15 is 0 Å². The predicted molar refractivity (Wildman–Crippen MR) is 83.6 cm³/mol. The van der Waals surface area contributed by atoms with Gasteiger partial charge in [0.1, 0.15) is 0 Å². The Hall–Kier alpha value is 0.0300. The zero-order chi connectivity index (χ0) is 13.1. The molecule has 0 heterocycles. The molecule has 0 aliphatic carbocycles. The number of halogens is 1. The van der Waals surface area contributed by atoms with Gasteiger partial charge in [-0.25, -0.2) is 0 Å². The number of hydrogen-bond acceptors (Lipinski definition) is 4. The van der Waals surface area contributed by atoms with E-state index in [1.165, 1.54) is 0 Å². The van der Waals surface area contributed by atoms with Crippen LogP contribution in [-0.2, 0) is 4.79 Å². The zero-order valence-electron chi connectivity index (χ0n) is 11.8. The van der Waals surface area contributed by atoms with E-state index in [2.05, 4.69) is 24.1 Å². The van der Waals surface area contributed by atoms with E-state index in [0.717, 1.165) is 38.2 Å². The van der Waals surface area contributed by atoms with Crippen molar-refractivity contribution >= 4 is 30.1 Å². The second-order valence-corrected chi connectivity index (χ2v) is 5.10. The van der Waals surface area contributed by atoms with Crippen molar-refractivity contribution < 1.29 is 4.79 Å². The summed E-state index contributed by atoms with van der Waals surface area (Å²) in [6.07, 6.45) is 3.92. The Labute approximate surface area is 122 Å². The van der Waals surface area contributed by atoms with Gasteiger partial charge in [-0.1, -0.05) is 13.8 Å². The maximum atomic E-state index is 11.6. The first-order valence-corrected chi connectivity index (χ1v) is 7.79. The standard InChI is InChI=1S/C12H27N3OS.ClH/c1-4-8-15(5-2)9-7-14-12(16)11(13)6-10-17-3;/h11H,4-10,13H2,1-3H3,(H,14,16);1H/t11-;/m0./s1. The fraction of sp³-hybridized carbons (Fsp3) is 0.917. The normalized spacial score (nSPS) is 12.1. The third-order valence-electron chi connectivity index (χ3n) is 2.68. The Balaban J connectivity index is 0. The van der Waals surface area contributed by atoms with Crippen molar-refractivity contribution in [2.75, 3.05) is 38.2 Å². The van der Waals surface area contributed by atoms with Crippen molar-refractivity contribution in [1.82, 2.24) is 10.2 Å². The molecule has 110 valence electrons. The average Bonchev–Trinajstić information content (AvgIpc) is 2.34. The molecule has 0 spiro atoms. The van der Waals surface area contributed by atoms with Gasteiger partial charge in [0.05, 0.1) is 6.04 Å². The maximum Gasteiger partial charge on any atom is 0.236 e. The molecule has 0 unspecified atom stereocenters. The van der Waals surface area contributed by atoms with E-state index in [4.69, 9.17) is 5.73 Å². The van der Waals surface area contributed by atoms with Crippen molar-refractivity contribution in [3.8, 4) is 0 Å². The Kier molecular flexibility index (Phi) is 15.2. The number of likely N-dealkylation sites (N-methyl/N-ethyl adjacent to an activating group) is 1. The van der Waals surface area contributed by atoms with Crippen LogP contribution in [-0.4, -0.2) is 55.0 Å². The summed E-state index contributed by atoms with van der Waals surface area (Å²) in [6, 6.07) is -0.358. The van der Waals surface area contributed by atoms with Crippen molar-refractivity contribution in [1.29, 1.82) is 0 Å². The van der Waals surface area contributed by atoms with Gasteiger partial charge in [-0.15, -0.1) is 12.4 Å². The highest BCUT2D eigenvalue weighted by atomic mass is 35.5. The van der Waals surface area contributed by atoms with Crippen molar-refractivity contribution in [2.45, 2.75) is 32.7 Å². The molecule has 3 N–H and O–H groups in total. The topological polar surface area (TPSA) is 58.4 Å². The van der Waals surface area contributed by atoms with E-state index in [1.807, 2.05) is 6.26 Å². The lowest BCUT2D eigenvalue weighted by atomic mass is 10.2. The van der Waals surface area contributed by atoms with Crippen LogP contribution in [0.3, 0.4) is 0 Å². The number of nitrogens with one attached hydrogen (secondary N) is 1. The molecule has 6 heteroatoms. The monoisotopic (exact) mass is 297 g/mol. The molecule has 1 atom stereocenters. The number of nitrogens with zero attached hydrogens (tertiary/aromatic N) is 1. The molecule has 0 bridgehead atoms. The largest absolute Gasteiger partial charge is 0.353 e. The van der Waals surface area contributed by atoms with Crippen LogP contribution in [0.15, 0.2) is 0 Å². The average molecular weight is 298 g/mol. The first-order valence-electron chi connectivity index (χ1n) is 6.40. The van der Waals surface area contributed by atoms with E-state index < -0.39 is 0 Å². The van der Waals surface area contributed by atoms with Crippen LogP contribution < -0.4 is 11.1 Å². The van der Waals surface area contributed by atoms with Gasteiger partial charge in [0, 0.05) is 13.1 Å². The zero-order valence-corrected chi connectivity index (χ0v) is 13.4. The number of amides is 1. The van der Waals surface area contributed by atoms with Crippen LogP contribution in [0, 0.1) is 0 Å². The number of carbonyl (C=O) groups excluding carboxylic acids is 1. The Morgan fingerprint density at radius 3 is 2.56 bits per heavy atom. The molecule has 0 saturated carbocycles. The highest BCUT2D eigenvalue weighted by molar-refractivity contribution is 7.98. The molecule has 0 rings (SSSR count). The quantitative estimate of drug-likeness (QED) is 0.639. The number of hydrogen-bond donors (Lipinski definition) is 2. The maximum absolute atomic E-state index is 11.6. The first kappa shape index (κ1) is 20.3. The molecule has 0 aromatic rings. The number of thioether (sulfide) groups is 1.